The van der Waals surface area contributed by atoms with Crippen LogP contribution >= 0.6 is 12.4 Å². The number of aliphatic hydroxyl groups excluding tert-OH is 1. The molecule has 1 unspecified atom stereocenters. The fourth-order valence-electron chi connectivity index (χ4n) is 3.24. The van der Waals surface area contributed by atoms with Gasteiger partial charge in [0, 0.05) is 12.6 Å². The van der Waals surface area contributed by atoms with Crippen molar-refractivity contribution in [1.29, 1.82) is 0 Å². The molecule has 0 heterocycles. The lowest BCUT2D eigenvalue weighted by Crippen LogP contribution is -2.32. The van der Waals surface area contributed by atoms with E-state index in [1.54, 1.807) is 30.3 Å². The summed E-state index contributed by atoms with van der Waals surface area (Å²) in [5.74, 6) is 0.942. The molecule has 0 saturated heterocycles. The second kappa shape index (κ2) is 13.3. The number of sulfone groups is 1. The molecule has 0 amide bonds. The van der Waals surface area contributed by atoms with E-state index < -0.39 is 15.9 Å². The number of aliphatic hydroxyl groups is 1. The maximum Gasteiger partial charge on any atom is 0.206 e. The van der Waals surface area contributed by atoms with Gasteiger partial charge in [-0.05, 0) is 67.1 Å². The predicted octanol–water partition coefficient (Wildman–Crippen LogP) is 3.67. The Bertz CT molecular complexity index is 1170. The van der Waals surface area contributed by atoms with Crippen LogP contribution in [-0.4, -0.2) is 53.5 Å². The van der Waals surface area contributed by atoms with Crippen molar-refractivity contribution < 1.29 is 32.1 Å². The van der Waals surface area contributed by atoms with Gasteiger partial charge in [0.25, 0.3) is 0 Å². The summed E-state index contributed by atoms with van der Waals surface area (Å²) in [4.78, 5) is 0.307. The number of nitrogens with one attached hydrogen (secondary N) is 1. The fourth-order valence-corrected chi connectivity index (χ4v) is 4.51. The first-order valence-electron chi connectivity index (χ1n) is 10.7. The quantitative estimate of drug-likeness (QED) is 0.348. The maximum atomic E-state index is 13.0. The monoisotopic (exact) mass is 525 g/mol. The first-order valence-corrected chi connectivity index (χ1v) is 12.1. The van der Waals surface area contributed by atoms with Gasteiger partial charge in [-0.3, -0.25) is 0 Å². The third-order valence-electron chi connectivity index (χ3n) is 5.13. The highest BCUT2D eigenvalue weighted by molar-refractivity contribution is 7.91. The zero-order chi connectivity index (χ0) is 24.6. The van der Waals surface area contributed by atoms with Crippen LogP contribution in [0, 0.1) is 5.82 Å². The summed E-state index contributed by atoms with van der Waals surface area (Å²) in [7, 11) is -0.759. The van der Waals surface area contributed by atoms with Crippen molar-refractivity contribution in [3.63, 3.8) is 0 Å². The van der Waals surface area contributed by atoms with Crippen molar-refractivity contribution in [2.75, 3.05) is 33.9 Å². The Kier molecular flexibility index (Phi) is 10.8. The van der Waals surface area contributed by atoms with Gasteiger partial charge in [0.15, 0.2) is 11.5 Å². The Morgan fingerprint density at radius 3 is 2.17 bits per heavy atom. The summed E-state index contributed by atoms with van der Waals surface area (Å²) in [5.41, 5.74) is 0.954. The molecular weight excluding hydrogens is 497 g/mol. The van der Waals surface area contributed by atoms with E-state index >= 15 is 0 Å². The Hall–Kier alpha value is -2.85. The molecule has 0 saturated carbocycles. The first-order chi connectivity index (χ1) is 16.3. The van der Waals surface area contributed by atoms with Gasteiger partial charge < -0.3 is 24.6 Å². The Morgan fingerprint density at radius 2 is 1.54 bits per heavy atom. The molecule has 35 heavy (non-hydrogen) atoms. The van der Waals surface area contributed by atoms with Gasteiger partial charge in [0.2, 0.25) is 9.84 Å². The van der Waals surface area contributed by atoms with Crippen LogP contribution in [0.3, 0.4) is 0 Å². The van der Waals surface area contributed by atoms with Crippen molar-refractivity contribution >= 4 is 22.2 Å². The topological polar surface area (TPSA) is 94.1 Å². The number of benzene rings is 3. The van der Waals surface area contributed by atoms with Crippen LogP contribution in [0.15, 0.2) is 76.5 Å². The van der Waals surface area contributed by atoms with Crippen molar-refractivity contribution in [2.45, 2.75) is 22.3 Å². The molecule has 2 N–H and O–H groups in total. The van der Waals surface area contributed by atoms with E-state index in [1.807, 2.05) is 0 Å². The summed E-state index contributed by atoms with van der Waals surface area (Å²) in [6.45, 7) is 1.00. The summed E-state index contributed by atoms with van der Waals surface area (Å²) in [6.07, 6.45) is -0.0681. The highest BCUT2D eigenvalue weighted by Gasteiger charge is 2.20. The lowest BCUT2D eigenvalue weighted by Gasteiger charge is -2.13. The highest BCUT2D eigenvalue weighted by Crippen LogP contribution is 2.31. The molecule has 7 nitrogen and oxygen atoms in total. The van der Waals surface area contributed by atoms with Gasteiger partial charge in [-0.1, -0.05) is 12.1 Å². The third-order valence-corrected chi connectivity index (χ3v) is 6.89. The van der Waals surface area contributed by atoms with Crippen LogP contribution in [0.1, 0.15) is 5.56 Å². The van der Waals surface area contributed by atoms with Crippen LogP contribution in [0.2, 0.25) is 0 Å². The van der Waals surface area contributed by atoms with E-state index in [9.17, 15) is 17.9 Å². The maximum absolute atomic E-state index is 13.0. The van der Waals surface area contributed by atoms with Gasteiger partial charge in [0.05, 0.1) is 24.0 Å². The zero-order valence-corrected chi connectivity index (χ0v) is 21.1. The Balaban J connectivity index is 0.00000432. The molecule has 0 spiro atoms. The Morgan fingerprint density at radius 1 is 0.914 bits per heavy atom. The number of rotatable bonds is 12. The molecule has 0 radical (unpaired) electrons. The van der Waals surface area contributed by atoms with Crippen LogP contribution in [0.4, 0.5) is 4.39 Å². The third kappa shape index (κ3) is 7.83. The Labute approximate surface area is 211 Å². The van der Waals surface area contributed by atoms with Crippen LogP contribution < -0.4 is 19.5 Å². The number of halogens is 2. The van der Waals surface area contributed by atoms with Gasteiger partial charge >= 0.3 is 0 Å². The summed E-state index contributed by atoms with van der Waals surface area (Å²) >= 11 is 0. The summed E-state index contributed by atoms with van der Waals surface area (Å²) in [6, 6.07) is 16.8. The lowest BCUT2D eigenvalue weighted by molar-refractivity contribution is 0.106. The molecule has 190 valence electrons. The van der Waals surface area contributed by atoms with Crippen molar-refractivity contribution in [3.05, 3.63) is 78.1 Å². The predicted molar refractivity (Wildman–Crippen MR) is 133 cm³/mol. The van der Waals surface area contributed by atoms with Crippen molar-refractivity contribution in [2.24, 2.45) is 0 Å². The number of methoxy groups -OCH3 is 2. The number of hydrogen-bond donors (Lipinski definition) is 2. The molecule has 0 aliphatic rings. The van der Waals surface area contributed by atoms with Crippen molar-refractivity contribution in [3.8, 4) is 17.2 Å². The van der Waals surface area contributed by atoms with E-state index in [0.29, 0.717) is 36.8 Å². The molecule has 3 aromatic carbocycles. The summed E-state index contributed by atoms with van der Waals surface area (Å²) < 4.78 is 54.6. The molecular formula is C25H29ClFNO6S. The summed E-state index contributed by atoms with van der Waals surface area (Å²) in [5, 5.41) is 13.2. The SMILES string of the molecule is COc1ccc(S(=O)(=O)c2ccc(CCNCC(O)COc3ccc(F)cc3)cc2)cc1OC.Cl. The van der Waals surface area contributed by atoms with Crippen LogP contribution in [0.5, 0.6) is 17.2 Å². The van der Waals surface area contributed by atoms with E-state index in [4.69, 9.17) is 14.2 Å². The second-order valence-corrected chi connectivity index (χ2v) is 9.49. The minimum atomic E-state index is -3.70. The lowest BCUT2D eigenvalue weighted by atomic mass is 10.1. The van der Waals surface area contributed by atoms with Crippen LogP contribution in [-0.2, 0) is 16.3 Å². The second-order valence-electron chi connectivity index (χ2n) is 7.54. The fraction of sp³-hybridized carbons (Fsp3) is 0.280. The molecule has 0 fully saturated rings. The molecule has 10 heteroatoms. The smallest absolute Gasteiger partial charge is 0.206 e. The van der Waals surface area contributed by atoms with Gasteiger partial charge in [-0.15, -0.1) is 12.4 Å². The number of hydrogen-bond acceptors (Lipinski definition) is 7. The van der Waals surface area contributed by atoms with E-state index in [2.05, 4.69) is 5.32 Å². The average Bonchev–Trinajstić information content (AvgIpc) is 2.86. The zero-order valence-electron chi connectivity index (χ0n) is 19.4. The minimum absolute atomic E-state index is 0. The number of ether oxygens (including phenoxy) is 3. The molecule has 3 rings (SSSR count). The molecule has 0 aliphatic heterocycles. The molecule has 1 atom stereocenters. The molecule has 0 bridgehead atoms. The van der Waals surface area contributed by atoms with Gasteiger partial charge in [-0.25, -0.2) is 12.8 Å². The van der Waals surface area contributed by atoms with Crippen molar-refractivity contribution in [1.82, 2.24) is 5.32 Å². The largest absolute Gasteiger partial charge is 0.493 e. The average molecular weight is 526 g/mol. The van der Waals surface area contributed by atoms with E-state index in [0.717, 1.165) is 5.56 Å². The molecule has 3 aromatic rings. The van der Waals surface area contributed by atoms with Gasteiger partial charge in [0.1, 0.15) is 24.3 Å². The van der Waals surface area contributed by atoms with E-state index in [1.165, 1.54) is 50.6 Å². The molecule has 0 aliphatic carbocycles. The highest BCUT2D eigenvalue weighted by atomic mass is 35.5. The first kappa shape index (κ1) is 28.4. The molecule has 0 aromatic heterocycles. The van der Waals surface area contributed by atoms with Gasteiger partial charge in [-0.2, -0.15) is 0 Å². The normalized spacial score (nSPS) is 11.9. The van der Waals surface area contributed by atoms with E-state index in [-0.39, 0.29) is 34.6 Å². The standard InChI is InChI=1S/C25H28FNO6S.ClH/c1-31-24-12-11-23(15-25(24)32-2)34(29,30)22-9-3-18(4-10-22)13-14-27-16-20(28)17-33-21-7-5-19(26)6-8-21;/h3-12,15,20,27-28H,13-14,16-17H2,1-2H3;1H. The minimum Gasteiger partial charge on any atom is -0.493 e. The van der Waals surface area contributed by atoms with Crippen LogP contribution in [0.25, 0.3) is 0 Å².